The zero-order valence-corrected chi connectivity index (χ0v) is 18.8. The van der Waals surface area contributed by atoms with Crippen LogP contribution in [0.25, 0.3) is 16.0 Å². The fourth-order valence-electron chi connectivity index (χ4n) is 5.72. The predicted molar refractivity (Wildman–Crippen MR) is 123 cm³/mol. The summed E-state index contributed by atoms with van der Waals surface area (Å²) in [6, 6.07) is 13.4. The van der Waals surface area contributed by atoms with E-state index in [1.807, 2.05) is 24.3 Å². The normalized spacial score (nSPS) is 28.3. The first kappa shape index (κ1) is 22.7. The second kappa shape index (κ2) is 8.00. The fraction of sp³-hybridized carbons (Fsp3) is 0.440. The van der Waals surface area contributed by atoms with Gasteiger partial charge < -0.3 is 11.1 Å². The highest BCUT2D eigenvalue weighted by atomic mass is 19.4. The second-order valence-electron chi connectivity index (χ2n) is 9.46. The third kappa shape index (κ3) is 3.71. The van der Waals surface area contributed by atoms with Crippen molar-refractivity contribution in [3.63, 3.8) is 0 Å². The van der Waals surface area contributed by atoms with Gasteiger partial charge in [-0.25, -0.2) is 19.7 Å². The molecule has 34 heavy (non-hydrogen) atoms. The van der Waals surface area contributed by atoms with Gasteiger partial charge in [0.25, 0.3) is 0 Å². The number of hydrogen-bond acceptors (Lipinski definition) is 5. The van der Waals surface area contributed by atoms with Crippen molar-refractivity contribution in [1.29, 1.82) is 0 Å². The number of fused-ring (bicyclic) bond motifs is 3. The van der Waals surface area contributed by atoms with Gasteiger partial charge in [-0.2, -0.15) is 13.2 Å². The largest absolute Gasteiger partial charge is 0.401 e. The maximum atomic E-state index is 12.7. The number of aliphatic imine (C=N–C) groups is 1. The van der Waals surface area contributed by atoms with Gasteiger partial charge in [0.05, 0.1) is 13.1 Å². The van der Waals surface area contributed by atoms with Crippen LogP contribution in [0.3, 0.4) is 0 Å². The minimum absolute atomic E-state index is 0.194. The molecular weight excluding hydrogens is 443 g/mol. The first-order valence-corrected chi connectivity index (χ1v) is 11.3. The molecule has 2 aromatic carbocycles. The van der Waals surface area contributed by atoms with E-state index in [9.17, 15) is 13.2 Å². The van der Waals surface area contributed by atoms with E-state index < -0.39 is 23.9 Å². The second-order valence-corrected chi connectivity index (χ2v) is 9.46. The molecule has 0 aromatic heterocycles. The molecular formula is C25H26F3N5O. The summed E-state index contributed by atoms with van der Waals surface area (Å²) >= 11 is 0. The summed E-state index contributed by atoms with van der Waals surface area (Å²) in [5.41, 5.74) is 9.26. The summed E-state index contributed by atoms with van der Waals surface area (Å²) in [4.78, 5) is 14.8. The third-order valence-electron chi connectivity index (χ3n) is 7.43. The molecule has 0 bridgehead atoms. The van der Waals surface area contributed by atoms with Gasteiger partial charge in [0.1, 0.15) is 0 Å². The van der Waals surface area contributed by atoms with Crippen molar-refractivity contribution < 1.29 is 18.0 Å². The molecule has 1 heterocycles. The smallest absolute Gasteiger partial charge is 0.368 e. The molecule has 1 unspecified atom stereocenters. The molecule has 1 saturated carbocycles. The Labute approximate surface area is 196 Å². The molecule has 0 amide bonds. The summed E-state index contributed by atoms with van der Waals surface area (Å²) in [5, 5.41) is 4.15. The Hall–Kier alpha value is -3.09. The average Bonchev–Trinajstić information content (AvgIpc) is 3.26. The van der Waals surface area contributed by atoms with Gasteiger partial charge in [-0.1, -0.05) is 30.3 Å². The molecule has 1 aliphatic heterocycles. The molecule has 0 saturated heterocycles. The Morgan fingerprint density at radius 1 is 1.21 bits per heavy atom. The number of hydrogen-bond donors (Lipinski definition) is 2. The van der Waals surface area contributed by atoms with Crippen LogP contribution in [-0.2, 0) is 17.0 Å². The SMILES string of the molecule is [C-]#[N+]c1cccc(-c2ccc3c(c2)C2(N=C(N)N(C)O2)C2(CCC(NCC(F)(F)F)CC2)C3)c1. The summed E-state index contributed by atoms with van der Waals surface area (Å²) in [5.74, 6) is 0.282. The average molecular weight is 470 g/mol. The Morgan fingerprint density at radius 2 is 1.94 bits per heavy atom. The molecule has 2 aromatic rings. The van der Waals surface area contributed by atoms with Gasteiger partial charge >= 0.3 is 6.18 Å². The van der Waals surface area contributed by atoms with Crippen molar-refractivity contribution in [1.82, 2.24) is 10.4 Å². The fourth-order valence-corrected chi connectivity index (χ4v) is 5.72. The summed E-state index contributed by atoms with van der Waals surface area (Å²) in [6.45, 7) is 6.33. The van der Waals surface area contributed by atoms with E-state index in [2.05, 4.69) is 22.3 Å². The van der Waals surface area contributed by atoms with Gasteiger partial charge in [-0.3, -0.25) is 0 Å². The van der Waals surface area contributed by atoms with Crippen LogP contribution < -0.4 is 11.1 Å². The molecule has 1 atom stereocenters. The van der Waals surface area contributed by atoms with Crippen LogP contribution in [0.4, 0.5) is 18.9 Å². The Balaban J connectivity index is 1.49. The molecule has 1 fully saturated rings. The van der Waals surface area contributed by atoms with E-state index in [4.69, 9.17) is 22.1 Å². The first-order valence-electron chi connectivity index (χ1n) is 11.3. The minimum Gasteiger partial charge on any atom is -0.368 e. The lowest BCUT2D eigenvalue weighted by molar-refractivity contribution is -0.229. The molecule has 2 spiro atoms. The Morgan fingerprint density at radius 3 is 2.59 bits per heavy atom. The summed E-state index contributed by atoms with van der Waals surface area (Å²) < 4.78 is 38.1. The lowest BCUT2D eigenvalue weighted by atomic mass is 9.66. The maximum absolute atomic E-state index is 12.7. The van der Waals surface area contributed by atoms with Gasteiger partial charge in [0.2, 0.25) is 11.7 Å². The number of benzene rings is 2. The van der Waals surface area contributed by atoms with Crippen LogP contribution in [-0.4, -0.2) is 36.8 Å². The minimum atomic E-state index is -4.23. The number of guanidine groups is 1. The first-order chi connectivity index (χ1) is 16.1. The molecule has 3 aliphatic rings. The standard InChI is InChI=1S/C25H26F3N5O/c1-30-20-5-3-4-16(12-20)17-6-7-18-14-23(10-8-19(9-11-23)31-15-24(26,27)28)25(21(18)13-17)32-22(29)33(2)34-25/h3-7,12-13,19,31H,8-11,14-15H2,2H3,(H2,29,32). The number of halogens is 3. The van der Waals surface area contributed by atoms with E-state index in [1.54, 1.807) is 13.1 Å². The Bertz CT molecular complexity index is 1180. The lowest BCUT2D eigenvalue weighted by Gasteiger charge is -2.45. The zero-order valence-electron chi connectivity index (χ0n) is 18.8. The highest BCUT2D eigenvalue weighted by molar-refractivity contribution is 5.79. The van der Waals surface area contributed by atoms with Crippen molar-refractivity contribution in [3.8, 4) is 11.1 Å². The van der Waals surface area contributed by atoms with Crippen molar-refractivity contribution in [2.75, 3.05) is 13.6 Å². The Kier molecular flexibility index (Phi) is 5.34. The molecule has 5 rings (SSSR count). The lowest BCUT2D eigenvalue weighted by Crippen LogP contribution is -2.49. The van der Waals surface area contributed by atoms with Crippen LogP contribution in [0.5, 0.6) is 0 Å². The van der Waals surface area contributed by atoms with Crippen LogP contribution in [0.2, 0.25) is 0 Å². The zero-order chi connectivity index (χ0) is 24.1. The molecule has 0 radical (unpaired) electrons. The van der Waals surface area contributed by atoms with E-state index in [1.165, 1.54) is 5.06 Å². The van der Waals surface area contributed by atoms with E-state index in [-0.39, 0.29) is 12.0 Å². The number of hydroxylamine groups is 2. The highest BCUT2D eigenvalue weighted by Crippen LogP contribution is 2.62. The van der Waals surface area contributed by atoms with Crippen molar-refractivity contribution in [2.45, 2.75) is 50.0 Å². The molecule has 178 valence electrons. The van der Waals surface area contributed by atoms with Crippen molar-refractivity contribution in [3.05, 3.63) is 65.0 Å². The van der Waals surface area contributed by atoms with Crippen molar-refractivity contribution in [2.24, 2.45) is 16.1 Å². The van der Waals surface area contributed by atoms with Crippen LogP contribution in [0, 0.1) is 12.0 Å². The van der Waals surface area contributed by atoms with Crippen LogP contribution in [0.15, 0.2) is 47.5 Å². The van der Waals surface area contributed by atoms with Crippen LogP contribution >= 0.6 is 0 Å². The molecule has 6 nitrogen and oxygen atoms in total. The number of nitrogens with zero attached hydrogens (tertiary/aromatic N) is 3. The summed E-state index contributed by atoms with van der Waals surface area (Å²) in [6.07, 6.45) is -0.949. The van der Waals surface area contributed by atoms with Gasteiger partial charge in [0, 0.05) is 24.1 Å². The number of nitrogens with one attached hydrogen (secondary N) is 1. The van der Waals surface area contributed by atoms with E-state index in [0.717, 1.165) is 28.7 Å². The predicted octanol–water partition coefficient (Wildman–Crippen LogP) is 4.89. The summed E-state index contributed by atoms with van der Waals surface area (Å²) in [7, 11) is 1.72. The topological polar surface area (TPSA) is 67.2 Å². The van der Waals surface area contributed by atoms with Gasteiger partial charge in [-0.05, 0) is 60.9 Å². The quantitative estimate of drug-likeness (QED) is 0.629. The third-order valence-corrected chi connectivity index (χ3v) is 7.43. The van der Waals surface area contributed by atoms with Crippen molar-refractivity contribution >= 4 is 11.6 Å². The monoisotopic (exact) mass is 469 g/mol. The molecule has 3 N–H and O–H groups in total. The highest BCUT2D eigenvalue weighted by Gasteiger charge is 2.63. The van der Waals surface area contributed by atoms with E-state index >= 15 is 0 Å². The molecule has 2 aliphatic carbocycles. The van der Waals surface area contributed by atoms with Gasteiger partial charge in [-0.15, -0.1) is 0 Å². The number of nitrogens with two attached hydrogens (primary N) is 1. The van der Waals surface area contributed by atoms with Gasteiger partial charge in [0.15, 0.2) is 5.69 Å². The van der Waals surface area contributed by atoms with Crippen LogP contribution in [0.1, 0.15) is 36.8 Å². The number of alkyl halides is 3. The molecule has 9 heteroatoms. The number of rotatable bonds is 3. The maximum Gasteiger partial charge on any atom is 0.401 e. The van der Waals surface area contributed by atoms with E-state index in [0.29, 0.717) is 31.4 Å².